The molecule has 0 radical (unpaired) electrons. The zero-order valence-corrected chi connectivity index (χ0v) is 15.6. The van der Waals surface area contributed by atoms with Crippen LogP contribution in [0.5, 0.6) is 0 Å². The number of carbonyl (C=O) groups excluding carboxylic acids is 2. The summed E-state index contributed by atoms with van der Waals surface area (Å²) in [6, 6.07) is 9.00. The molecule has 0 aliphatic carbocycles. The molecule has 8 heteroatoms. The van der Waals surface area contributed by atoms with Crippen LogP contribution in [0.1, 0.15) is 42.1 Å². The molecule has 0 bridgehead atoms. The third-order valence-corrected chi connectivity index (χ3v) is 4.54. The minimum atomic E-state index is -0.488. The molecule has 132 valence electrons. The molecule has 1 saturated heterocycles. The van der Waals surface area contributed by atoms with Crippen LogP contribution in [0, 0.1) is 6.92 Å². The van der Waals surface area contributed by atoms with Crippen molar-refractivity contribution < 1.29 is 9.59 Å². The number of nitrogens with one attached hydrogen (secondary N) is 3. The van der Waals surface area contributed by atoms with E-state index in [0.29, 0.717) is 17.8 Å². The Balaban J connectivity index is 1.83. The first-order chi connectivity index (χ1) is 12.0. The second-order valence-electron chi connectivity index (χ2n) is 6.03. The normalized spacial score (nSPS) is 20.2. The lowest BCUT2D eigenvalue weighted by molar-refractivity contribution is -0.125. The Morgan fingerprint density at radius 2 is 2.24 bits per heavy atom. The molecule has 1 fully saturated rings. The molecule has 1 aliphatic heterocycles. The Kier molecular flexibility index (Phi) is 5.19. The lowest BCUT2D eigenvalue weighted by Gasteiger charge is -2.31. The van der Waals surface area contributed by atoms with Crippen LogP contribution in [0.2, 0.25) is 0 Å². The summed E-state index contributed by atoms with van der Waals surface area (Å²) in [5, 5.41) is 13.5. The fraction of sp³-hybridized carbons (Fsp3) is 0.353. The van der Waals surface area contributed by atoms with E-state index in [1.54, 1.807) is 28.9 Å². The molecule has 2 unspecified atom stereocenters. The average molecular weight is 406 g/mol. The van der Waals surface area contributed by atoms with Gasteiger partial charge >= 0.3 is 0 Å². The highest BCUT2D eigenvalue weighted by Crippen LogP contribution is 2.19. The highest BCUT2D eigenvalue weighted by molar-refractivity contribution is 9.10. The molecule has 3 rings (SSSR count). The maximum atomic E-state index is 12.5. The predicted octanol–water partition coefficient (Wildman–Crippen LogP) is 2.55. The highest BCUT2D eigenvalue weighted by atomic mass is 79.9. The van der Waals surface area contributed by atoms with Gasteiger partial charge in [-0.15, -0.1) is 0 Å². The van der Waals surface area contributed by atoms with Gasteiger partial charge in [-0.2, -0.15) is 5.10 Å². The Bertz CT molecular complexity index is 804. The lowest BCUT2D eigenvalue weighted by atomic mass is 10.1. The van der Waals surface area contributed by atoms with E-state index in [0.717, 1.165) is 16.6 Å². The molecular formula is C17H20BrN5O2. The second kappa shape index (κ2) is 7.37. The van der Waals surface area contributed by atoms with E-state index < -0.39 is 6.29 Å². The average Bonchev–Trinajstić information content (AvgIpc) is 2.94. The van der Waals surface area contributed by atoms with Crippen LogP contribution >= 0.6 is 15.9 Å². The van der Waals surface area contributed by atoms with Crippen molar-refractivity contribution in [3.63, 3.8) is 0 Å². The number of nitrogens with zero attached hydrogens (tertiary/aromatic N) is 2. The van der Waals surface area contributed by atoms with Crippen LogP contribution in [-0.2, 0) is 4.79 Å². The van der Waals surface area contributed by atoms with Gasteiger partial charge in [0.25, 0.3) is 5.91 Å². The summed E-state index contributed by atoms with van der Waals surface area (Å²) < 4.78 is 2.43. The van der Waals surface area contributed by atoms with Crippen molar-refractivity contribution in [2.24, 2.45) is 0 Å². The number of amides is 2. The van der Waals surface area contributed by atoms with E-state index in [9.17, 15) is 9.59 Å². The van der Waals surface area contributed by atoms with Crippen LogP contribution in [0.15, 0.2) is 34.8 Å². The monoisotopic (exact) mass is 405 g/mol. The fourth-order valence-corrected chi connectivity index (χ4v) is 3.18. The van der Waals surface area contributed by atoms with Crippen LogP contribution in [0.4, 0.5) is 5.82 Å². The van der Waals surface area contributed by atoms with Crippen molar-refractivity contribution in [1.82, 2.24) is 20.4 Å². The molecule has 1 aliphatic rings. The Labute approximate surface area is 154 Å². The largest absolute Gasteiger partial charge is 0.322 e. The van der Waals surface area contributed by atoms with Crippen molar-refractivity contribution in [2.45, 2.75) is 39.0 Å². The molecule has 2 amide bonds. The van der Waals surface area contributed by atoms with Crippen molar-refractivity contribution in [2.75, 3.05) is 5.32 Å². The molecule has 2 heterocycles. The van der Waals surface area contributed by atoms with Gasteiger partial charge in [-0.3, -0.25) is 14.9 Å². The summed E-state index contributed by atoms with van der Waals surface area (Å²) in [4.78, 5) is 24.4. The minimum absolute atomic E-state index is 0.0342. The first kappa shape index (κ1) is 17.6. The van der Waals surface area contributed by atoms with Gasteiger partial charge in [-0.05, 0) is 31.5 Å². The van der Waals surface area contributed by atoms with Crippen molar-refractivity contribution in [3.8, 4) is 0 Å². The molecule has 25 heavy (non-hydrogen) atoms. The first-order valence-corrected chi connectivity index (χ1v) is 8.94. The second-order valence-corrected chi connectivity index (χ2v) is 6.94. The van der Waals surface area contributed by atoms with Gasteiger partial charge in [-0.1, -0.05) is 28.9 Å². The third-order valence-electron chi connectivity index (χ3n) is 4.05. The van der Waals surface area contributed by atoms with Gasteiger partial charge in [0.2, 0.25) is 5.91 Å². The summed E-state index contributed by atoms with van der Waals surface area (Å²) in [6.07, 6.45) is 0.786. The zero-order valence-electron chi connectivity index (χ0n) is 14.0. The van der Waals surface area contributed by atoms with Crippen LogP contribution in [0.3, 0.4) is 0 Å². The SMILES string of the molecule is CCC1CC(=O)NC(n2nc(C)cc2NC(=O)c2cccc(Br)c2)N1. The first-order valence-electron chi connectivity index (χ1n) is 8.14. The summed E-state index contributed by atoms with van der Waals surface area (Å²) in [6.45, 7) is 3.87. The quantitative estimate of drug-likeness (QED) is 0.728. The van der Waals surface area contributed by atoms with Gasteiger partial charge in [0.05, 0.1) is 5.69 Å². The van der Waals surface area contributed by atoms with Gasteiger partial charge in [-0.25, -0.2) is 4.68 Å². The topological polar surface area (TPSA) is 88.1 Å². The molecule has 1 aromatic heterocycles. The smallest absolute Gasteiger partial charge is 0.256 e. The van der Waals surface area contributed by atoms with Gasteiger partial charge in [0.1, 0.15) is 5.82 Å². The molecule has 0 spiro atoms. The molecule has 1 aromatic carbocycles. The molecule has 3 N–H and O–H groups in total. The standard InChI is InChI=1S/C17H20BrN5O2/c1-3-13-9-15(24)21-17(19-13)23-14(7-10(2)22-23)20-16(25)11-5-4-6-12(18)8-11/h4-8,13,17,19H,3,9H2,1-2H3,(H,20,25)(H,21,24). The van der Waals surface area contributed by atoms with Crippen molar-refractivity contribution in [3.05, 3.63) is 46.1 Å². The number of hydrogen-bond donors (Lipinski definition) is 3. The van der Waals surface area contributed by atoms with Crippen LogP contribution in [-0.4, -0.2) is 27.6 Å². The van der Waals surface area contributed by atoms with E-state index in [2.05, 4.69) is 37.0 Å². The van der Waals surface area contributed by atoms with Gasteiger partial charge < -0.3 is 10.6 Å². The Hall–Kier alpha value is -2.19. The number of aryl methyl sites for hydroxylation is 1. The summed E-state index contributed by atoms with van der Waals surface area (Å²) in [5.41, 5.74) is 1.28. The van der Waals surface area contributed by atoms with E-state index in [1.165, 1.54) is 0 Å². The fourth-order valence-electron chi connectivity index (χ4n) is 2.78. The van der Waals surface area contributed by atoms with Crippen LogP contribution in [0.25, 0.3) is 0 Å². The predicted molar refractivity (Wildman–Crippen MR) is 98.1 cm³/mol. The number of rotatable bonds is 4. The van der Waals surface area contributed by atoms with Gasteiger partial charge in [0.15, 0.2) is 6.29 Å². The maximum Gasteiger partial charge on any atom is 0.256 e. The number of halogens is 1. The zero-order chi connectivity index (χ0) is 18.0. The summed E-state index contributed by atoms with van der Waals surface area (Å²) >= 11 is 3.36. The van der Waals surface area contributed by atoms with Crippen molar-refractivity contribution >= 4 is 33.6 Å². The molecular weight excluding hydrogens is 386 g/mol. The number of anilines is 1. The van der Waals surface area contributed by atoms with E-state index in [4.69, 9.17) is 0 Å². The minimum Gasteiger partial charge on any atom is -0.322 e. The van der Waals surface area contributed by atoms with Crippen molar-refractivity contribution in [1.29, 1.82) is 0 Å². The summed E-state index contributed by atoms with van der Waals surface area (Å²) in [5.74, 6) is 0.252. The molecule has 2 atom stereocenters. The molecule has 0 saturated carbocycles. The van der Waals surface area contributed by atoms with Gasteiger partial charge in [0, 0.05) is 28.6 Å². The lowest BCUT2D eigenvalue weighted by Crippen LogP contribution is -2.53. The molecule has 7 nitrogen and oxygen atoms in total. The molecule has 2 aromatic rings. The van der Waals surface area contributed by atoms with E-state index >= 15 is 0 Å². The van der Waals surface area contributed by atoms with E-state index in [1.807, 2.05) is 19.9 Å². The number of hydrogen-bond acceptors (Lipinski definition) is 4. The highest BCUT2D eigenvalue weighted by Gasteiger charge is 2.28. The number of benzene rings is 1. The Morgan fingerprint density at radius 3 is 2.96 bits per heavy atom. The maximum absolute atomic E-state index is 12.5. The van der Waals surface area contributed by atoms with Crippen LogP contribution < -0.4 is 16.0 Å². The van der Waals surface area contributed by atoms with E-state index in [-0.39, 0.29) is 17.9 Å². The third kappa shape index (κ3) is 4.08. The summed E-state index contributed by atoms with van der Waals surface area (Å²) in [7, 11) is 0. The number of carbonyl (C=O) groups is 2. The Morgan fingerprint density at radius 1 is 1.44 bits per heavy atom. The number of aromatic nitrogens is 2.